The number of hydrogen-bond acceptors (Lipinski definition) is 3. The average molecular weight is 283 g/mol. The number of fused-ring (bicyclic) bond motifs is 1. The maximum absolute atomic E-state index is 10.1. The maximum Gasteiger partial charge on any atom is 0.120 e. The zero-order valence-corrected chi connectivity index (χ0v) is 12.2. The molecule has 0 saturated carbocycles. The average Bonchev–Trinajstić information content (AvgIpc) is 3.00. The normalized spacial score (nSPS) is 12.7. The van der Waals surface area contributed by atoms with Crippen LogP contribution >= 0.6 is 11.3 Å². The Kier molecular flexibility index (Phi) is 3.72. The van der Waals surface area contributed by atoms with E-state index >= 15 is 0 Å². The van der Waals surface area contributed by atoms with Gasteiger partial charge >= 0.3 is 0 Å². The highest BCUT2D eigenvalue weighted by molar-refractivity contribution is 7.10. The van der Waals surface area contributed by atoms with E-state index in [1.807, 2.05) is 18.2 Å². The number of hydrogen-bond donors (Lipinski definition) is 2. The third-order valence-corrected chi connectivity index (χ3v) is 4.63. The van der Waals surface area contributed by atoms with Crippen LogP contribution in [0.25, 0.3) is 10.8 Å². The first kappa shape index (κ1) is 13.2. The molecule has 20 heavy (non-hydrogen) atoms. The van der Waals surface area contributed by atoms with Crippen LogP contribution < -0.4 is 5.32 Å². The van der Waals surface area contributed by atoms with Gasteiger partial charge in [0.2, 0.25) is 0 Å². The van der Waals surface area contributed by atoms with Gasteiger partial charge in [-0.15, -0.1) is 11.3 Å². The van der Waals surface area contributed by atoms with Gasteiger partial charge in [-0.1, -0.05) is 36.4 Å². The smallest absolute Gasteiger partial charge is 0.120 e. The minimum atomic E-state index is 0.286. The summed E-state index contributed by atoms with van der Waals surface area (Å²) >= 11 is 1.75. The van der Waals surface area contributed by atoms with Crippen molar-refractivity contribution in [3.05, 3.63) is 64.4 Å². The molecule has 2 nitrogen and oxygen atoms in total. The fraction of sp³-hybridized carbons (Fsp3) is 0.176. The lowest BCUT2D eigenvalue weighted by molar-refractivity contribution is 0.462. The van der Waals surface area contributed by atoms with E-state index in [0.29, 0.717) is 12.3 Å². The highest BCUT2D eigenvalue weighted by Gasteiger charge is 2.10. The van der Waals surface area contributed by atoms with Crippen LogP contribution in [0.5, 0.6) is 5.75 Å². The number of phenolic OH excluding ortho intramolecular Hbond substituents is 1. The van der Waals surface area contributed by atoms with Crippen molar-refractivity contribution in [1.29, 1.82) is 0 Å². The molecule has 0 aliphatic carbocycles. The molecule has 0 fully saturated rings. The minimum absolute atomic E-state index is 0.286. The molecule has 0 unspecified atom stereocenters. The molecule has 0 radical (unpaired) electrons. The van der Waals surface area contributed by atoms with Gasteiger partial charge < -0.3 is 10.4 Å². The number of thiophene rings is 1. The maximum atomic E-state index is 10.1. The molecule has 0 saturated heterocycles. The standard InChI is InChI=1S/C17H17NOS/c1-12(17-7-4-10-20-17)18-11-15-14-6-3-2-5-13(14)8-9-16(15)19/h2-10,12,18-19H,11H2,1H3/t12-/m0/s1. The summed E-state index contributed by atoms with van der Waals surface area (Å²) in [5, 5.41) is 18.0. The summed E-state index contributed by atoms with van der Waals surface area (Å²) in [4.78, 5) is 1.31. The number of nitrogens with one attached hydrogen (secondary N) is 1. The van der Waals surface area contributed by atoms with Crippen LogP contribution in [0.1, 0.15) is 23.4 Å². The van der Waals surface area contributed by atoms with E-state index < -0.39 is 0 Å². The molecule has 0 aliphatic rings. The zero-order chi connectivity index (χ0) is 13.9. The van der Waals surface area contributed by atoms with Gasteiger partial charge in [-0.25, -0.2) is 0 Å². The first-order chi connectivity index (χ1) is 9.75. The van der Waals surface area contributed by atoms with Crippen LogP contribution in [-0.2, 0) is 6.54 Å². The Bertz CT molecular complexity index is 706. The van der Waals surface area contributed by atoms with Crippen molar-refractivity contribution in [2.75, 3.05) is 0 Å². The molecule has 2 N–H and O–H groups in total. The summed E-state index contributed by atoms with van der Waals surface area (Å²) in [6.45, 7) is 2.81. The SMILES string of the molecule is C[C@H](NCc1c(O)ccc2ccccc12)c1cccs1. The van der Waals surface area contributed by atoms with Crippen LogP contribution in [0.4, 0.5) is 0 Å². The Morgan fingerprint density at radius 3 is 2.75 bits per heavy atom. The van der Waals surface area contributed by atoms with Gasteiger partial charge in [0, 0.05) is 23.0 Å². The fourth-order valence-electron chi connectivity index (χ4n) is 2.40. The molecular weight excluding hydrogens is 266 g/mol. The molecule has 3 aromatic rings. The molecule has 0 aliphatic heterocycles. The second-order valence-corrected chi connectivity index (χ2v) is 5.88. The lowest BCUT2D eigenvalue weighted by Crippen LogP contribution is -2.17. The van der Waals surface area contributed by atoms with Crippen LogP contribution in [-0.4, -0.2) is 5.11 Å². The summed E-state index contributed by atoms with van der Waals surface area (Å²) in [5.74, 6) is 0.356. The predicted octanol–water partition coefficient (Wildman–Crippen LogP) is 4.46. The van der Waals surface area contributed by atoms with Crippen LogP contribution in [0.15, 0.2) is 53.9 Å². The molecular formula is C17H17NOS. The van der Waals surface area contributed by atoms with Crippen LogP contribution in [0.2, 0.25) is 0 Å². The Morgan fingerprint density at radius 2 is 1.95 bits per heavy atom. The van der Waals surface area contributed by atoms with Gasteiger partial charge in [-0.2, -0.15) is 0 Å². The molecule has 1 aromatic heterocycles. The van der Waals surface area contributed by atoms with Gasteiger partial charge in [0.25, 0.3) is 0 Å². The molecule has 1 atom stereocenters. The van der Waals surface area contributed by atoms with Crippen LogP contribution in [0, 0.1) is 0 Å². The second kappa shape index (κ2) is 5.65. The summed E-state index contributed by atoms with van der Waals surface area (Å²) < 4.78 is 0. The highest BCUT2D eigenvalue weighted by Crippen LogP contribution is 2.28. The Hall–Kier alpha value is -1.84. The lowest BCUT2D eigenvalue weighted by Gasteiger charge is -2.14. The molecule has 0 bridgehead atoms. The van der Waals surface area contributed by atoms with E-state index in [0.717, 1.165) is 16.3 Å². The molecule has 102 valence electrons. The largest absolute Gasteiger partial charge is 0.508 e. The summed E-state index contributed by atoms with van der Waals surface area (Å²) in [5.41, 5.74) is 0.964. The molecule has 1 heterocycles. The van der Waals surface area contributed by atoms with Gasteiger partial charge in [-0.3, -0.25) is 0 Å². The number of benzene rings is 2. The van der Waals surface area contributed by atoms with E-state index in [1.165, 1.54) is 4.88 Å². The van der Waals surface area contributed by atoms with Crippen molar-refractivity contribution in [2.24, 2.45) is 0 Å². The van der Waals surface area contributed by atoms with E-state index in [4.69, 9.17) is 0 Å². The zero-order valence-electron chi connectivity index (χ0n) is 11.3. The predicted molar refractivity (Wildman–Crippen MR) is 85.2 cm³/mol. The Balaban J connectivity index is 1.85. The Morgan fingerprint density at radius 1 is 1.10 bits per heavy atom. The monoisotopic (exact) mass is 283 g/mol. The van der Waals surface area contributed by atoms with E-state index in [2.05, 4.69) is 41.9 Å². The van der Waals surface area contributed by atoms with Crippen LogP contribution in [0.3, 0.4) is 0 Å². The topological polar surface area (TPSA) is 32.3 Å². The van der Waals surface area contributed by atoms with Gasteiger partial charge in [0.1, 0.15) is 5.75 Å². The third kappa shape index (κ3) is 2.55. The summed E-state index contributed by atoms with van der Waals surface area (Å²) in [6, 6.07) is 16.4. The highest BCUT2D eigenvalue weighted by atomic mass is 32.1. The lowest BCUT2D eigenvalue weighted by atomic mass is 10.0. The van der Waals surface area contributed by atoms with Gasteiger partial charge in [0.05, 0.1) is 0 Å². The molecule has 3 heteroatoms. The van der Waals surface area contributed by atoms with Crippen molar-refractivity contribution in [2.45, 2.75) is 19.5 Å². The fourth-order valence-corrected chi connectivity index (χ4v) is 3.16. The first-order valence-electron chi connectivity index (χ1n) is 6.72. The number of phenols is 1. The van der Waals surface area contributed by atoms with Gasteiger partial charge in [-0.05, 0) is 35.2 Å². The third-order valence-electron chi connectivity index (χ3n) is 3.57. The quantitative estimate of drug-likeness (QED) is 0.741. The van der Waals surface area contributed by atoms with Crippen molar-refractivity contribution in [3.8, 4) is 5.75 Å². The summed E-state index contributed by atoms with van der Waals surface area (Å²) in [7, 11) is 0. The second-order valence-electron chi connectivity index (χ2n) is 4.90. The van der Waals surface area contributed by atoms with Crippen molar-refractivity contribution in [1.82, 2.24) is 5.32 Å². The summed E-state index contributed by atoms with van der Waals surface area (Å²) in [6.07, 6.45) is 0. The molecule has 3 rings (SSSR count). The van der Waals surface area contributed by atoms with E-state index in [-0.39, 0.29) is 6.04 Å². The van der Waals surface area contributed by atoms with Crippen molar-refractivity contribution >= 4 is 22.1 Å². The number of rotatable bonds is 4. The minimum Gasteiger partial charge on any atom is -0.508 e. The van der Waals surface area contributed by atoms with Gasteiger partial charge in [0.15, 0.2) is 0 Å². The molecule has 0 spiro atoms. The molecule has 0 amide bonds. The van der Waals surface area contributed by atoms with E-state index in [9.17, 15) is 5.11 Å². The van der Waals surface area contributed by atoms with Crippen molar-refractivity contribution in [3.63, 3.8) is 0 Å². The Labute approximate surface area is 122 Å². The van der Waals surface area contributed by atoms with E-state index in [1.54, 1.807) is 17.4 Å². The molecule has 2 aromatic carbocycles. The number of aromatic hydroxyl groups is 1. The van der Waals surface area contributed by atoms with Crippen molar-refractivity contribution < 1.29 is 5.11 Å². The first-order valence-corrected chi connectivity index (χ1v) is 7.60.